The Labute approximate surface area is 161 Å². The first kappa shape index (κ1) is 17.7. The molecule has 0 spiro atoms. The van der Waals surface area contributed by atoms with Crippen LogP contribution in [0.2, 0.25) is 0 Å². The lowest BCUT2D eigenvalue weighted by molar-refractivity contribution is -0.139. The van der Waals surface area contributed by atoms with Crippen LogP contribution in [0.4, 0.5) is 5.95 Å². The molecular formula is C20H19N5O3. The van der Waals surface area contributed by atoms with Gasteiger partial charge in [-0.15, -0.1) is 0 Å². The third-order valence-electron chi connectivity index (χ3n) is 4.36. The number of benzene rings is 2. The first-order valence-corrected chi connectivity index (χ1v) is 8.93. The summed E-state index contributed by atoms with van der Waals surface area (Å²) >= 11 is 0. The van der Waals surface area contributed by atoms with Crippen molar-refractivity contribution in [1.29, 1.82) is 0 Å². The van der Waals surface area contributed by atoms with Gasteiger partial charge < -0.3 is 14.8 Å². The molecule has 0 amide bonds. The summed E-state index contributed by atoms with van der Waals surface area (Å²) in [7, 11) is 0. The molecule has 0 saturated carbocycles. The zero-order valence-electron chi connectivity index (χ0n) is 15.5. The van der Waals surface area contributed by atoms with Crippen molar-refractivity contribution in [3.8, 4) is 11.5 Å². The maximum atomic E-state index is 12.7. The van der Waals surface area contributed by atoms with Crippen molar-refractivity contribution in [2.75, 3.05) is 11.9 Å². The second kappa shape index (κ2) is 7.51. The summed E-state index contributed by atoms with van der Waals surface area (Å²) in [5.41, 5.74) is 1.92. The number of nitrogens with zero attached hydrogens (tertiary/aromatic N) is 4. The third-order valence-corrected chi connectivity index (χ3v) is 4.36. The Morgan fingerprint density at radius 3 is 2.71 bits per heavy atom. The number of nitrogens with one attached hydrogen (secondary N) is 1. The van der Waals surface area contributed by atoms with Crippen LogP contribution < -0.4 is 10.1 Å². The number of carbonyl (C=O) groups is 1. The number of carbonyl (C=O) groups excluding carboxylic acids is 1. The van der Waals surface area contributed by atoms with E-state index >= 15 is 0 Å². The first-order chi connectivity index (χ1) is 13.7. The van der Waals surface area contributed by atoms with E-state index in [1.165, 1.54) is 0 Å². The lowest BCUT2D eigenvalue weighted by Gasteiger charge is -2.27. The molecule has 8 nitrogen and oxygen atoms in total. The van der Waals surface area contributed by atoms with E-state index in [0.717, 1.165) is 11.3 Å². The topological polar surface area (TPSA) is 91.2 Å². The van der Waals surface area contributed by atoms with Crippen LogP contribution in [0, 0.1) is 0 Å². The monoisotopic (exact) mass is 377 g/mol. The molecule has 0 aliphatic carbocycles. The fourth-order valence-corrected chi connectivity index (χ4v) is 3.17. The highest BCUT2D eigenvalue weighted by atomic mass is 16.5. The van der Waals surface area contributed by atoms with Gasteiger partial charge in [-0.1, -0.05) is 35.4 Å². The minimum atomic E-state index is -0.523. The minimum Gasteiger partial charge on any atom is -0.463 e. The number of hydrogen-bond acceptors (Lipinski definition) is 7. The van der Waals surface area contributed by atoms with Crippen LogP contribution in [0.25, 0.3) is 0 Å². The Kier molecular flexibility index (Phi) is 4.76. The van der Waals surface area contributed by atoms with Gasteiger partial charge in [0, 0.05) is 5.70 Å². The van der Waals surface area contributed by atoms with E-state index < -0.39 is 12.0 Å². The first-order valence-electron chi connectivity index (χ1n) is 8.93. The molecule has 0 saturated heterocycles. The van der Waals surface area contributed by atoms with Gasteiger partial charge >= 0.3 is 5.97 Å². The van der Waals surface area contributed by atoms with Crippen molar-refractivity contribution < 1.29 is 14.3 Å². The summed E-state index contributed by atoms with van der Waals surface area (Å²) in [6.45, 7) is 3.86. The lowest BCUT2D eigenvalue weighted by atomic mass is 9.95. The van der Waals surface area contributed by atoms with Crippen LogP contribution in [0.15, 0.2) is 65.9 Å². The number of rotatable bonds is 5. The zero-order chi connectivity index (χ0) is 19.5. The van der Waals surface area contributed by atoms with Gasteiger partial charge in [-0.05, 0) is 54.1 Å². The van der Waals surface area contributed by atoms with Crippen LogP contribution in [-0.4, -0.2) is 32.8 Å². The number of aromatic nitrogens is 4. The van der Waals surface area contributed by atoms with Crippen LogP contribution >= 0.6 is 0 Å². The van der Waals surface area contributed by atoms with E-state index in [0.29, 0.717) is 23.0 Å². The number of anilines is 1. The molecule has 1 aliphatic heterocycles. The minimum absolute atomic E-state index is 0.280. The highest BCUT2D eigenvalue weighted by Crippen LogP contribution is 2.36. The summed E-state index contributed by atoms with van der Waals surface area (Å²) in [6.07, 6.45) is 0. The normalized spacial score (nSPS) is 15.6. The van der Waals surface area contributed by atoms with Crippen molar-refractivity contribution in [3.05, 3.63) is 71.4 Å². The van der Waals surface area contributed by atoms with Gasteiger partial charge in [-0.3, -0.25) is 0 Å². The number of fused-ring (bicyclic) bond motifs is 1. The van der Waals surface area contributed by atoms with Crippen molar-refractivity contribution in [1.82, 2.24) is 20.2 Å². The Hall–Kier alpha value is -3.68. The maximum Gasteiger partial charge on any atom is 0.338 e. The molecule has 0 radical (unpaired) electrons. The molecule has 0 bridgehead atoms. The van der Waals surface area contributed by atoms with E-state index in [9.17, 15) is 4.79 Å². The number of ether oxygens (including phenoxy) is 2. The summed E-state index contributed by atoms with van der Waals surface area (Å²) < 4.78 is 12.8. The standard InChI is InChI=1S/C20H19N5O3/c1-3-27-19(26)17-13(2)21-20-22-23-24-25(20)18(17)14-8-7-11-16(12-14)28-15-9-5-4-6-10-15/h4-12,18H,3H2,1-2H3,(H,21,22,24). The fourth-order valence-electron chi connectivity index (χ4n) is 3.17. The SMILES string of the molecule is CCOC(=O)C1=C(C)Nc2nnnn2C1c1cccc(Oc2ccccc2)c1. The molecule has 2 aromatic carbocycles. The fraction of sp³-hybridized carbons (Fsp3) is 0.200. The Balaban J connectivity index is 1.75. The predicted octanol–water partition coefficient (Wildman–Crippen LogP) is 3.32. The number of tetrazole rings is 1. The molecular weight excluding hydrogens is 358 g/mol. The molecule has 1 aromatic heterocycles. The molecule has 1 N–H and O–H groups in total. The van der Waals surface area contributed by atoms with Crippen molar-refractivity contribution in [2.24, 2.45) is 0 Å². The predicted molar refractivity (Wildman–Crippen MR) is 102 cm³/mol. The van der Waals surface area contributed by atoms with Crippen LogP contribution in [0.1, 0.15) is 25.5 Å². The zero-order valence-corrected chi connectivity index (χ0v) is 15.5. The molecule has 28 heavy (non-hydrogen) atoms. The highest BCUT2D eigenvalue weighted by Gasteiger charge is 2.35. The van der Waals surface area contributed by atoms with Gasteiger partial charge in [-0.2, -0.15) is 4.68 Å². The van der Waals surface area contributed by atoms with E-state index in [2.05, 4.69) is 20.8 Å². The van der Waals surface area contributed by atoms with Crippen LogP contribution in [0.5, 0.6) is 11.5 Å². The Morgan fingerprint density at radius 1 is 1.14 bits per heavy atom. The summed E-state index contributed by atoms with van der Waals surface area (Å²) in [4.78, 5) is 12.7. The van der Waals surface area contributed by atoms with E-state index in [1.54, 1.807) is 11.6 Å². The van der Waals surface area contributed by atoms with Crippen LogP contribution in [0.3, 0.4) is 0 Å². The molecule has 1 unspecified atom stereocenters. The van der Waals surface area contributed by atoms with Crippen molar-refractivity contribution >= 4 is 11.9 Å². The van der Waals surface area contributed by atoms with Gasteiger partial charge in [0.15, 0.2) is 0 Å². The molecule has 4 rings (SSSR count). The Bertz CT molecular complexity index is 1030. The highest BCUT2D eigenvalue weighted by molar-refractivity contribution is 5.92. The molecule has 142 valence electrons. The molecule has 1 atom stereocenters. The van der Waals surface area contributed by atoms with Gasteiger partial charge in [0.1, 0.15) is 17.5 Å². The van der Waals surface area contributed by atoms with Gasteiger partial charge in [-0.25, -0.2) is 4.79 Å². The summed E-state index contributed by atoms with van der Waals surface area (Å²) in [5.74, 6) is 1.43. The summed E-state index contributed by atoms with van der Waals surface area (Å²) in [5, 5.41) is 14.8. The number of esters is 1. The number of hydrogen-bond donors (Lipinski definition) is 1. The third kappa shape index (κ3) is 3.32. The van der Waals surface area contributed by atoms with Gasteiger partial charge in [0.05, 0.1) is 12.2 Å². The maximum absolute atomic E-state index is 12.7. The van der Waals surface area contributed by atoms with E-state index in [4.69, 9.17) is 9.47 Å². The van der Waals surface area contributed by atoms with Gasteiger partial charge in [0.2, 0.25) is 5.95 Å². The Morgan fingerprint density at radius 2 is 1.93 bits per heavy atom. The average molecular weight is 377 g/mol. The van der Waals surface area contributed by atoms with E-state index in [1.807, 2.05) is 61.5 Å². The van der Waals surface area contributed by atoms with Crippen LogP contribution in [-0.2, 0) is 9.53 Å². The quantitative estimate of drug-likeness (QED) is 0.682. The summed E-state index contributed by atoms with van der Waals surface area (Å²) in [6, 6.07) is 16.5. The lowest BCUT2D eigenvalue weighted by Crippen LogP contribution is -2.29. The smallest absolute Gasteiger partial charge is 0.338 e. The number of para-hydroxylation sites is 1. The second-order valence-corrected chi connectivity index (χ2v) is 6.22. The molecule has 2 heterocycles. The number of allylic oxidation sites excluding steroid dienone is 1. The molecule has 0 fully saturated rings. The molecule has 1 aliphatic rings. The largest absolute Gasteiger partial charge is 0.463 e. The van der Waals surface area contributed by atoms with Crippen molar-refractivity contribution in [3.63, 3.8) is 0 Å². The average Bonchev–Trinajstić information content (AvgIpc) is 3.16. The molecule has 3 aromatic rings. The van der Waals surface area contributed by atoms with Crippen molar-refractivity contribution in [2.45, 2.75) is 19.9 Å². The second-order valence-electron chi connectivity index (χ2n) is 6.22. The molecule has 8 heteroatoms. The van der Waals surface area contributed by atoms with Gasteiger partial charge in [0.25, 0.3) is 0 Å². The van der Waals surface area contributed by atoms with E-state index in [-0.39, 0.29) is 6.61 Å².